The molecule has 22 heavy (non-hydrogen) atoms. The molecule has 0 saturated carbocycles. The van der Waals surface area contributed by atoms with Gasteiger partial charge in [0.05, 0.1) is 19.9 Å². The third-order valence-corrected chi connectivity index (χ3v) is 3.83. The Morgan fingerprint density at radius 1 is 1.05 bits per heavy atom. The minimum Gasteiger partial charge on any atom is -0.497 e. The molecular formula is C16H23NO5. The third kappa shape index (κ3) is 3.50. The fraction of sp³-hybridized carbons (Fsp3) is 0.500. The van der Waals surface area contributed by atoms with Crippen LogP contribution in [0, 0.1) is 10.8 Å². The highest BCUT2D eigenvalue weighted by atomic mass is 16.7. The number of rotatable bonds is 5. The molecule has 0 unspecified atom stereocenters. The van der Waals surface area contributed by atoms with E-state index in [4.69, 9.17) is 14.3 Å². The van der Waals surface area contributed by atoms with Crippen LogP contribution >= 0.6 is 0 Å². The number of hydrogen-bond acceptors (Lipinski definition) is 6. The zero-order valence-corrected chi connectivity index (χ0v) is 13.9. The van der Waals surface area contributed by atoms with Gasteiger partial charge in [0.25, 0.3) is 0 Å². The third-order valence-electron chi connectivity index (χ3n) is 3.83. The lowest BCUT2D eigenvalue weighted by Gasteiger charge is -2.36. The van der Waals surface area contributed by atoms with E-state index in [1.165, 1.54) is 14.0 Å². The van der Waals surface area contributed by atoms with E-state index in [1.807, 2.05) is 0 Å². The Morgan fingerprint density at radius 3 is 2.18 bits per heavy atom. The number of carbonyl (C=O) groups is 2. The minimum atomic E-state index is -1.44. The quantitative estimate of drug-likeness (QED) is 0.512. The molecule has 0 aliphatic carbocycles. The van der Waals surface area contributed by atoms with Gasteiger partial charge in [0.1, 0.15) is 5.75 Å². The normalized spacial score (nSPS) is 13.7. The number of benzene rings is 1. The summed E-state index contributed by atoms with van der Waals surface area (Å²) >= 11 is 0. The van der Waals surface area contributed by atoms with Crippen molar-refractivity contribution in [1.82, 2.24) is 0 Å². The van der Waals surface area contributed by atoms with Crippen LogP contribution in [-0.2, 0) is 19.2 Å². The molecule has 6 nitrogen and oxygen atoms in total. The van der Waals surface area contributed by atoms with Crippen molar-refractivity contribution in [3.05, 3.63) is 24.3 Å². The molecule has 1 rings (SSSR count). The van der Waals surface area contributed by atoms with Crippen molar-refractivity contribution in [3.63, 3.8) is 0 Å². The number of esters is 1. The molecule has 0 radical (unpaired) electrons. The number of anilines is 1. The van der Waals surface area contributed by atoms with Gasteiger partial charge in [0.2, 0.25) is 0 Å². The van der Waals surface area contributed by atoms with Crippen molar-refractivity contribution < 1.29 is 23.9 Å². The summed E-state index contributed by atoms with van der Waals surface area (Å²) in [6.45, 7) is 6.83. The molecule has 0 fully saturated rings. The number of methoxy groups -OCH3 is 2. The van der Waals surface area contributed by atoms with Crippen molar-refractivity contribution in [2.75, 3.05) is 19.7 Å². The summed E-state index contributed by atoms with van der Waals surface area (Å²) in [4.78, 5) is 29.6. The van der Waals surface area contributed by atoms with Crippen molar-refractivity contribution in [3.8, 4) is 5.75 Å². The van der Waals surface area contributed by atoms with E-state index in [0.717, 1.165) is 0 Å². The Hall–Kier alpha value is -2.24. The highest BCUT2D eigenvalue weighted by Gasteiger charge is 2.53. The molecule has 0 spiro atoms. The van der Waals surface area contributed by atoms with Gasteiger partial charge in [0, 0.05) is 6.07 Å². The summed E-state index contributed by atoms with van der Waals surface area (Å²) in [5.41, 5.74) is 0.964. The van der Waals surface area contributed by atoms with E-state index < -0.39 is 22.8 Å². The van der Waals surface area contributed by atoms with Crippen LogP contribution < -0.4 is 10.2 Å². The van der Waals surface area contributed by atoms with Crippen molar-refractivity contribution >= 4 is 17.6 Å². The molecule has 0 bridgehead atoms. The van der Waals surface area contributed by atoms with E-state index in [9.17, 15) is 9.59 Å². The van der Waals surface area contributed by atoms with Gasteiger partial charge in [-0.3, -0.25) is 4.79 Å². The van der Waals surface area contributed by atoms with E-state index in [1.54, 1.807) is 52.1 Å². The summed E-state index contributed by atoms with van der Waals surface area (Å²) in [6.07, 6.45) is 0. The van der Waals surface area contributed by atoms with Gasteiger partial charge in [-0.1, -0.05) is 26.8 Å². The van der Waals surface area contributed by atoms with Crippen LogP contribution in [0.5, 0.6) is 5.75 Å². The Kier molecular flexibility index (Phi) is 5.41. The van der Waals surface area contributed by atoms with Gasteiger partial charge in [-0.15, -0.1) is 0 Å². The molecule has 0 aliphatic heterocycles. The van der Waals surface area contributed by atoms with Crippen molar-refractivity contribution in [2.24, 2.45) is 10.8 Å². The maximum absolute atomic E-state index is 12.4. The molecule has 0 amide bonds. The van der Waals surface area contributed by atoms with E-state index in [0.29, 0.717) is 11.4 Å². The summed E-state index contributed by atoms with van der Waals surface area (Å²) in [5.74, 6) is -0.736. The second-order valence-corrected chi connectivity index (χ2v) is 6.09. The van der Waals surface area contributed by atoms with Crippen LogP contribution in [0.3, 0.4) is 0 Å². The van der Waals surface area contributed by atoms with Gasteiger partial charge in [-0.2, -0.15) is 0 Å². The Bertz CT molecular complexity index is 550. The monoisotopic (exact) mass is 309 g/mol. The molecule has 0 aliphatic rings. The Balaban J connectivity index is 2.91. The molecular weight excluding hydrogens is 286 g/mol. The fourth-order valence-corrected chi connectivity index (χ4v) is 1.79. The molecule has 122 valence electrons. The molecule has 0 aromatic heterocycles. The molecule has 6 heteroatoms. The Labute approximate surface area is 130 Å². The molecule has 1 aromatic rings. The number of hydrogen-bond donors (Lipinski definition) is 1. The second kappa shape index (κ2) is 6.68. The lowest BCUT2D eigenvalue weighted by Crippen LogP contribution is -2.49. The van der Waals surface area contributed by atoms with Crippen LogP contribution in [0.15, 0.2) is 24.3 Å². The van der Waals surface area contributed by atoms with Crippen LogP contribution in [0.25, 0.3) is 0 Å². The highest BCUT2D eigenvalue weighted by Crippen LogP contribution is 2.40. The number of carbonyl (C=O) groups excluding carboxylic acids is 2. The van der Waals surface area contributed by atoms with Gasteiger partial charge in [-0.25, -0.2) is 10.3 Å². The first-order valence-electron chi connectivity index (χ1n) is 6.86. The zero-order valence-electron chi connectivity index (χ0n) is 13.9. The van der Waals surface area contributed by atoms with E-state index in [2.05, 4.69) is 5.48 Å². The first-order chi connectivity index (χ1) is 10.2. The van der Waals surface area contributed by atoms with Gasteiger partial charge in [-0.05, 0) is 24.5 Å². The minimum absolute atomic E-state index is 0.536. The highest BCUT2D eigenvalue weighted by molar-refractivity contribution is 6.00. The summed E-state index contributed by atoms with van der Waals surface area (Å²) < 4.78 is 9.85. The lowest BCUT2D eigenvalue weighted by atomic mass is 9.68. The van der Waals surface area contributed by atoms with Crippen molar-refractivity contribution in [1.29, 1.82) is 0 Å². The van der Waals surface area contributed by atoms with Crippen LogP contribution in [0.4, 0.5) is 5.69 Å². The summed E-state index contributed by atoms with van der Waals surface area (Å²) in [6, 6.07) is 6.89. The van der Waals surface area contributed by atoms with Crippen LogP contribution in [0.2, 0.25) is 0 Å². The second-order valence-electron chi connectivity index (χ2n) is 6.09. The lowest BCUT2D eigenvalue weighted by molar-refractivity contribution is -0.176. The van der Waals surface area contributed by atoms with Gasteiger partial charge in [0.15, 0.2) is 5.41 Å². The van der Waals surface area contributed by atoms with E-state index in [-0.39, 0.29) is 0 Å². The van der Waals surface area contributed by atoms with Gasteiger partial charge < -0.3 is 14.3 Å². The Morgan fingerprint density at radius 2 is 1.68 bits per heavy atom. The number of ether oxygens (including phenoxy) is 2. The fourth-order valence-electron chi connectivity index (χ4n) is 1.79. The largest absolute Gasteiger partial charge is 0.497 e. The predicted octanol–water partition coefficient (Wildman–Crippen LogP) is 2.79. The molecule has 1 N–H and O–H groups in total. The van der Waals surface area contributed by atoms with Gasteiger partial charge >= 0.3 is 11.9 Å². The zero-order chi connectivity index (χ0) is 17.0. The maximum atomic E-state index is 12.4. The van der Waals surface area contributed by atoms with Crippen LogP contribution in [0.1, 0.15) is 27.7 Å². The predicted molar refractivity (Wildman–Crippen MR) is 82.3 cm³/mol. The molecule has 0 heterocycles. The SMILES string of the molecule is COC(=O)[C@@](C)(C(=O)ONc1cccc(OC)c1)C(C)(C)C. The van der Waals surface area contributed by atoms with Crippen LogP contribution in [-0.4, -0.2) is 26.2 Å². The smallest absolute Gasteiger partial charge is 0.349 e. The topological polar surface area (TPSA) is 73.9 Å². The molecule has 1 atom stereocenters. The van der Waals surface area contributed by atoms with E-state index >= 15 is 0 Å². The first-order valence-corrected chi connectivity index (χ1v) is 6.86. The summed E-state index contributed by atoms with van der Waals surface area (Å²) in [7, 11) is 2.79. The molecule has 1 aromatic carbocycles. The average molecular weight is 309 g/mol. The number of nitrogens with one attached hydrogen (secondary N) is 1. The first kappa shape index (κ1) is 17.8. The maximum Gasteiger partial charge on any atom is 0.349 e. The molecule has 0 saturated heterocycles. The van der Waals surface area contributed by atoms with Crippen molar-refractivity contribution in [2.45, 2.75) is 27.7 Å². The summed E-state index contributed by atoms with van der Waals surface area (Å²) in [5, 5.41) is 0. The average Bonchev–Trinajstić information content (AvgIpc) is 2.49. The standard InChI is InChI=1S/C16H23NO5/c1-15(2,3)16(4,13(18)21-6)14(19)22-17-11-8-7-9-12(10-11)20-5/h7-10,17H,1-6H3/t16-/m0/s1.